The number of ether oxygens (including phenoxy) is 1. The highest BCUT2D eigenvalue weighted by atomic mass is 19.1. The van der Waals surface area contributed by atoms with Crippen molar-refractivity contribution in [2.45, 2.75) is 39.2 Å². The molecule has 0 bridgehead atoms. The molecule has 0 aliphatic carbocycles. The van der Waals surface area contributed by atoms with Gasteiger partial charge in [-0.25, -0.2) is 9.18 Å². The summed E-state index contributed by atoms with van der Waals surface area (Å²) in [5.41, 5.74) is -0.238. The van der Waals surface area contributed by atoms with Crippen molar-refractivity contribution < 1.29 is 13.9 Å². The van der Waals surface area contributed by atoms with Crippen LogP contribution in [-0.2, 0) is 9.53 Å². The molecule has 1 N–H and O–H groups in total. The molecular weight excluding hydrogens is 233 g/mol. The molecule has 0 saturated carbocycles. The van der Waals surface area contributed by atoms with Crippen molar-refractivity contribution in [2.24, 2.45) is 0 Å². The molecule has 18 heavy (non-hydrogen) atoms. The molecule has 4 heteroatoms. The Morgan fingerprint density at radius 2 is 2.17 bits per heavy atom. The normalized spacial score (nSPS) is 13.8. The first kappa shape index (κ1) is 14.5. The standard InChI is InChI=1S/C14H20FNO2/c1-4-9-14(3,13(17)18-5-2)16-12-8-6-7-11(15)10-12/h6-8,10,16H,4-5,9H2,1-3H3. The SMILES string of the molecule is CCCC(C)(Nc1cccc(F)c1)C(=O)OCC. The molecule has 0 aliphatic heterocycles. The summed E-state index contributed by atoms with van der Waals surface area (Å²) in [5, 5.41) is 3.07. The zero-order chi connectivity index (χ0) is 13.6. The summed E-state index contributed by atoms with van der Waals surface area (Å²) >= 11 is 0. The van der Waals surface area contributed by atoms with E-state index in [-0.39, 0.29) is 11.8 Å². The van der Waals surface area contributed by atoms with Crippen molar-refractivity contribution in [1.82, 2.24) is 0 Å². The molecule has 0 aliphatic rings. The number of hydrogen-bond acceptors (Lipinski definition) is 3. The molecule has 3 nitrogen and oxygen atoms in total. The fraction of sp³-hybridized carbons (Fsp3) is 0.500. The average molecular weight is 253 g/mol. The van der Waals surface area contributed by atoms with Crippen molar-refractivity contribution in [2.75, 3.05) is 11.9 Å². The maximum Gasteiger partial charge on any atom is 0.331 e. The van der Waals surface area contributed by atoms with Crippen LogP contribution in [0.25, 0.3) is 0 Å². The van der Waals surface area contributed by atoms with Crippen LogP contribution in [0.1, 0.15) is 33.6 Å². The van der Waals surface area contributed by atoms with E-state index in [1.807, 2.05) is 6.92 Å². The number of anilines is 1. The van der Waals surface area contributed by atoms with Crippen LogP contribution in [0.4, 0.5) is 10.1 Å². The fourth-order valence-electron chi connectivity index (χ4n) is 1.89. The van der Waals surface area contributed by atoms with Gasteiger partial charge in [-0.1, -0.05) is 19.4 Å². The Hall–Kier alpha value is -1.58. The predicted octanol–water partition coefficient (Wildman–Crippen LogP) is 3.36. The summed E-state index contributed by atoms with van der Waals surface area (Å²) in [6.07, 6.45) is 1.46. The number of hydrogen-bond donors (Lipinski definition) is 1. The van der Waals surface area contributed by atoms with Crippen LogP contribution in [0.2, 0.25) is 0 Å². The maximum atomic E-state index is 13.1. The van der Waals surface area contributed by atoms with Crippen LogP contribution in [0.15, 0.2) is 24.3 Å². The Morgan fingerprint density at radius 3 is 2.72 bits per heavy atom. The summed E-state index contributed by atoms with van der Waals surface area (Å²) in [6.45, 7) is 5.87. The Balaban J connectivity index is 2.88. The van der Waals surface area contributed by atoms with Crippen LogP contribution >= 0.6 is 0 Å². The van der Waals surface area contributed by atoms with Crippen molar-refractivity contribution in [1.29, 1.82) is 0 Å². The summed E-state index contributed by atoms with van der Waals surface area (Å²) in [7, 11) is 0. The predicted molar refractivity (Wildman–Crippen MR) is 70.0 cm³/mol. The largest absolute Gasteiger partial charge is 0.464 e. The highest BCUT2D eigenvalue weighted by Gasteiger charge is 2.33. The minimum atomic E-state index is -0.821. The zero-order valence-corrected chi connectivity index (χ0v) is 11.1. The molecular formula is C14H20FNO2. The van der Waals surface area contributed by atoms with Crippen LogP contribution in [0.5, 0.6) is 0 Å². The third-order valence-electron chi connectivity index (χ3n) is 2.72. The van der Waals surface area contributed by atoms with Gasteiger partial charge in [-0.3, -0.25) is 0 Å². The van der Waals surface area contributed by atoms with E-state index in [1.54, 1.807) is 26.0 Å². The van der Waals surface area contributed by atoms with E-state index in [0.29, 0.717) is 18.7 Å². The van der Waals surface area contributed by atoms with Crippen molar-refractivity contribution in [3.8, 4) is 0 Å². The van der Waals surface area contributed by atoms with E-state index in [9.17, 15) is 9.18 Å². The first-order valence-corrected chi connectivity index (χ1v) is 6.23. The first-order chi connectivity index (χ1) is 8.51. The molecule has 1 aromatic carbocycles. The zero-order valence-electron chi connectivity index (χ0n) is 11.1. The van der Waals surface area contributed by atoms with E-state index < -0.39 is 5.54 Å². The number of rotatable bonds is 6. The lowest BCUT2D eigenvalue weighted by Crippen LogP contribution is -2.44. The van der Waals surface area contributed by atoms with E-state index in [0.717, 1.165) is 6.42 Å². The van der Waals surface area contributed by atoms with Crippen molar-refractivity contribution >= 4 is 11.7 Å². The summed E-state index contributed by atoms with van der Waals surface area (Å²) < 4.78 is 18.2. The molecule has 1 unspecified atom stereocenters. The Bertz CT molecular complexity index is 409. The second kappa shape index (κ2) is 6.38. The smallest absolute Gasteiger partial charge is 0.331 e. The quantitative estimate of drug-likeness (QED) is 0.790. The topological polar surface area (TPSA) is 38.3 Å². The van der Waals surface area contributed by atoms with Gasteiger partial charge in [0.05, 0.1) is 6.61 Å². The third-order valence-corrected chi connectivity index (χ3v) is 2.72. The van der Waals surface area contributed by atoms with E-state index >= 15 is 0 Å². The van der Waals surface area contributed by atoms with E-state index in [1.165, 1.54) is 12.1 Å². The van der Waals surface area contributed by atoms with Crippen molar-refractivity contribution in [3.63, 3.8) is 0 Å². The molecule has 0 radical (unpaired) electrons. The number of nitrogens with one attached hydrogen (secondary N) is 1. The molecule has 100 valence electrons. The van der Waals surface area contributed by atoms with Gasteiger partial charge >= 0.3 is 5.97 Å². The number of benzene rings is 1. The molecule has 1 atom stereocenters. The van der Waals surface area contributed by atoms with Crippen LogP contribution < -0.4 is 5.32 Å². The van der Waals surface area contributed by atoms with Gasteiger partial charge in [-0.05, 0) is 38.5 Å². The number of halogens is 1. The molecule has 1 rings (SSSR count). The molecule has 0 heterocycles. The average Bonchev–Trinajstić information content (AvgIpc) is 2.29. The Morgan fingerprint density at radius 1 is 1.44 bits per heavy atom. The highest BCUT2D eigenvalue weighted by molar-refractivity contribution is 5.84. The molecule has 0 fully saturated rings. The lowest BCUT2D eigenvalue weighted by molar-refractivity contribution is -0.148. The first-order valence-electron chi connectivity index (χ1n) is 6.23. The fourth-order valence-corrected chi connectivity index (χ4v) is 1.89. The summed E-state index contributed by atoms with van der Waals surface area (Å²) in [5.74, 6) is -0.640. The number of esters is 1. The minimum Gasteiger partial charge on any atom is -0.464 e. The van der Waals surface area contributed by atoms with E-state index in [4.69, 9.17) is 4.74 Å². The van der Waals surface area contributed by atoms with Gasteiger partial charge in [-0.15, -0.1) is 0 Å². The lowest BCUT2D eigenvalue weighted by atomic mass is 9.95. The van der Waals surface area contributed by atoms with Crippen LogP contribution in [-0.4, -0.2) is 18.1 Å². The molecule has 0 amide bonds. The van der Waals surface area contributed by atoms with Gasteiger partial charge in [0.2, 0.25) is 0 Å². The third kappa shape index (κ3) is 3.72. The summed E-state index contributed by atoms with van der Waals surface area (Å²) in [6, 6.07) is 6.07. The molecule has 0 spiro atoms. The van der Waals surface area contributed by atoms with Gasteiger partial charge in [0.15, 0.2) is 0 Å². The van der Waals surface area contributed by atoms with Gasteiger partial charge in [-0.2, -0.15) is 0 Å². The monoisotopic (exact) mass is 253 g/mol. The number of carbonyl (C=O) groups excluding carboxylic acids is 1. The minimum absolute atomic E-state index is 0.309. The van der Waals surface area contributed by atoms with Gasteiger partial charge in [0.25, 0.3) is 0 Å². The van der Waals surface area contributed by atoms with Crippen LogP contribution in [0, 0.1) is 5.82 Å². The molecule has 0 aromatic heterocycles. The highest BCUT2D eigenvalue weighted by Crippen LogP contribution is 2.22. The Labute approximate surface area is 107 Å². The molecule has 1 aromatic rings. The molecule has 0 saturated heterocycles. The van der Waals surface area contributed by atoms with Gasteiger partial charge < -0.3 is 10.1 Å². The van der Waals surface area contributed by atoms with Gasteiger partial charge in [0, 0.05) is 5.69 Å². The Kier molecular flexibility index (Phi) is 5.13. The van der Waals surface area contributed by atoms with E-state index in [2.05, 4.69) is 5.32 Å². The van der Waals surface area contributed by atoms with Crippen molar-refractivity contribution in [3.05, 3.63) is 30.1 Å². The maximum absolute atomic E-state index is 13.1. The van der Waals surface area contributed by atoms with Crippen LogP contribution in [0.3, 0.4) is 0 Å². The number of carbonyl (C=O) groups is 1. The second-order valence-electron chi connectivity index (χ2n) is 4.44. The summed E-state index contributed by atoms with van der Waals surface area (Å²) in [4.78, 5) is 12.0. The second-order valence-corrected chi connectivity index (χ2v) is 4.44. The van der Waals surface area contributed by atoms with Gasteiger partial charge in [0.1, 0.15) is 11.4 Å². The lowest BCUT2D eigenvalue weighted by Gasteiger charge is -2.29.